The third-order valence-corrected chi connectivity index (χ3v) is 4.69. The summed E-state index contributed by atoms with van der Waals surface area (Å²) in [4.78, 5) is 6.19. The predicted octanol–water partition coefficient (Wildman–Crippen LogP) is 3.00. The van der Waals surface area contributed by atoms with Gasteiger partial charge in [-0.2, -0.15) is 0 Å². The number of H-pyrrole nitrogens is 1. The van der Waals surface area contributed by atoms with E-state index in [1.165, 1.54) is 47.0 Å². The highest BCUT2D eigenvalue weighted by atomic mass is 15.2. The number of aromatic amines is 1. The summed E-state index contributed by atoms with van der Waals surface area (Å²) in [6, 6.07) is 6.74. The van der Waals surface area contributed by atoms with Crippen molar-refractivity contribution in [3.8, 4) is 0 Å². The number of aromatic nitrogens is 1. The minimum absolute atomic E-state index is 0.503. The first-order valence-electron chi connectivity index (χ1n) is 6.49. The zero-order chi connectivity index (χ0) is 11.6. The molecule has 1 fully saturated rings. The van der Waals surface area contributed by atoms with Crippen LogP contribution in [0.25, 0.3) is 10.9 Å². The van der Waals surface area contributed by atoms with E-state index in [9.17, 15) is 0 Å². The van der Waals surface area contributed by atoms with E-state index in [1.807, 2.05) is 0 Å². The standard InChI is InChI=1S/C15H18N2/c1-10-3-4-13-11(7-10)12-9-17(2)15(5-6-15)8-14(12)16-13/h3-4,7,16H,5-6,8-9H2,1-2H3. The van der Waals surface area contributed by atoms with Crippen LogP contribution in [0.1, 0.15) is 29.7 Å². The third-order valence-electron chi connectivity index (χ3n) is 4.69. The van der Waals surface area contributed by atoms with Crippen LogP contribution in [0.5, 0.6) is 0 Å². The summed E-state index contributed by atoms with van der Waals surface area (Å²) in [5.74, 6) is 0. The Labute approximate surface area is 102 Å². The number of hydrogen-bond donors (Lipinski definition) is 1. The number of fused-ring (bicyclic) bond motifs is 3. The fourth-order valence-corrected chi connectivity index (χ4v) is 3.32. The fourth-order valence-electron chi connectivity index (χ4n) is 3.32. The van der Waals surface area contributed by atoms with Crippen molar-refractivity contribution in [2.75, 3.05) is 7.05 Å². The molecule has 1 aromatic heterocycles. The van der Waals surface area contributed by atoms with E-state index in [4.69, 9.17) is 0 Å². The van der Waals surface area contributed by atoms with Gasteiger partial charge in [0.05, 0.1) is 0 Å². The molecule has 88 valence electrons. The number of aryl methyl sites for hydroxylation is 1. The Bertz CT molecular complexity index is 605. The van der Waals surface area contributed by atoms with Crippen molar-refractivity contribution < 1.29 is 0 Å². The Balaban J connectivity index is 1.93. The molecule has 2 heteroatoms. The lowest BCUT2D eigenvalue weighted by atomic mass is 9.97. The van der Waals surface area contributed by atoms with Gasteiger partial charge < -0.3 is 4.98 Å². The fraction of sp³-hybridized carbons (Fsp3) is 0.467. The summed E-state index contributed by atoms with van der Waals surface area (Å²) < 4.78 is 0. The van der Waals surface area contributed by atoms with Crippen LogP contribution >= 0.6 is 0 Å². The molecule has 0 unspecified atom stereocenters. The van der Waals surface area contributed by atoms with Gasteiger partial charge in [-0.15, -0.1) is 0 Å². The maximum atomic E-state index is 3.63. The Hall–Kier alpha value is -1.28. The second-order valence-corrected chi connectivity index (χ2v) is 5.89. The first-order chi connectivity index (χ1) is 8.18. The van der Waals surface area contributed by atoms with Crippen LogP contribution in [-0.2, 0) is 13.0 Å². The number of benzene rings is 1. The molecule has 1 saturated carbocycles. The predicted molar refractivity (Wildman–Crippen MR) is 70.2 cm³/mol. The van der Waals surface area contributed by atoms with Gasteiger partial charge in [0, 0.05) is 35.1 Å². The van der Waals surface area contributed by atoms with Gasteiger partial charge in [0.2, 0.25) is 0 Å². The molecule has 1 aliphatic heterocycles. The molecular weight excluding hydrogens is 208 g/mol. The molecule has 0 amide bonds. The van der Waals surface area contributed by atoms with E-state index in [0.717, 1.165) is 6.54 Å². The lowest BCUT2D eigenvalue weighted by Gasteiger charge is -2.32. The van der Waals surface area contributed by atoms with Crippen LogP contribution in [0, 0.1) is 6.92 Å². The lowest BCUT2D eigenvalue weighted by Crippen LogP contribution is -2.39. The Kier molecular flexibility index (Phi) is 1.68. The Morgan fingerprint density at radius 1 is 1.29 bits per heavy atom. The highest BCUT2D eigenvalue weighted by molar-refractivity contribution is 5.85. The maximum Gasteiger partial charge on any atom is 0.0459 e. The summed E-state index contributed by atoms with van der Waals surface area (Å²) in [6.45, 7) is 3.28. The van der Waals surface area contributed by atoms with Crippen LogP contribution in [0.15, 0.2) is 18.2 Å². The lowest BCUT2D eigenvalue weighted by molar-refractivity contribution is 0.194. The van der Waals surface area contributed by atoms with Crippen LogP contribution < -0.4 is 0 Å². The number of nitrogens with one attached hydrogen (secondary N) is 1. The molecule has 0 radical (unpaired) electrons. The molecule has 1 aromatic carbocycles. The van der Waals surface area contributed by atoms with Gasteiger partial charge in [-0.3, -0.25) is 4.90 Å². The third kappa shape index (κ3) is 1.25. The maximum absolute atomic E-state index is 3.63. The van der Waals surface area contributed by atoms with Crippen LogP contribution in [0.2, 0.25) is 0 Å². The quantitative estimate of drug-likeness (QED) is 0.731. The van der Waals surface area contributed by atoms with Gasteiger partial charge in [-0.05, 0) is 44.5 Å². The zero-order valence-electron chi connectivity index (χ0n) is 10.5. The SMILES string of the molecule is Cc1ccc2[nH]c3c(c2c1)CN(C)C1(CC1)C3. The highest BCUT2D eigenvalue weighted by Crippen LogP contribution is 2.48. The second-order valence-electron chi connectivity index (χ2n) is 5.89. The van der Waals surface area contributed by atoms with E-state index < -0.39 is 0 Å². The molecular formula is C15H18N2. The van der Waals surface area contributed by atoms with E-state index >= 15 is 0 Å². The minimum atomic E-state index is 0.503. The highest BCUT2D eigenvalue weighted by Gasteiger charge is 2.49. The molecule has 1 aliphatic carbocycles. The van der Waals surface area contributed by atoms with Gasteiger partial charge >= 0.3 is 0 Å². The molecule has 2 aromatic rings. The van der Waals surface area contributed by atoms with Gasteiger partial charge in [0.1, 0.15) is 0 Å². The van der Waals surface area contributed by atoms with Gasteiger partial charge in [-0.25, -0.2) is 0 Å². The molecule has 2 heterocycles. The van der Waals surface area contributed by atoms with E-state index in [-0.39, 0.29) is 0 Å². The van der Waals surface area contributed by atoms with Crippen molar-refractivity contribution in [2.24, 2.45) is 0 Å². The normalized spacial score (nSPS) is 22.0. The number of likely N-dealkylation sites (N-methyl/N-ethyl adjacent to an activating group) is 1. The summed E-state index contributed by atoms with van der Waals surface area (Å²) in [7, 11) is 2.28. The van der Waals surface area contributed by atoms with Gasteiger partial charge in [0.25, 0.3) is 0 Å². The Morgan fingerprint density at radius 2 is 2.12 bits per heavy atom. The van der Waals surface area contributed by atoms with Gasteiger partial charge in [0.15, 0.2) is 0 Å². The smallest absolute Gasteiger partial charge is 0.0459 e. The zero-order valence-corrected chi connectivity index (χ0v) is 10.5. The average molecular weight is 226 g/mol. The molecule has 1 N–H and O–H groups in total. The molecule has 2 aliphatic rings. The van der Waals surface area contributed by atoms with Crippen molar-refractivity contribution in [3.05, 3.63) is 35.0 Å². The first-order valence-corrected chi connectivity index (χ1v) is 6.49. The van der Waals surface area contributed by atoms with Crippen LogP contribution in [0.4, 0.5) is 0 Å². The van der Waals surface area contributed by atoms with Crippen LogP contribution in [-0.4, -0.2) is 22.5 Å². The topological polar surface area (TPSA) is 19.0 Å². The number of nitrogens with zero attached hydrogens (tertiary/aromatic N) is 1. The van der Waals surface area contributed by atoms with Crippen molar-refractivity contribution in [3.63, 3.8) is 0 Å². The van der Waals surface area contributed by atoms with E-state index in [2.05, 4.69) is 42.1 Å². The van der Waals surface area contributed by atoms with E-state index in [1.54, 1.807) is 0 Å². The largest absolute Gasteiger partial charge is 0.358 e. The molecule has 1 spiro atoms. The summed E-state index contributed by atoms with van der Waals surface area (Å²) in [5, 5.41) is 1.43. The first kappa shape index (κ1) is 9.72. The van der Waals surface area contributed by atoms with Crippen molar-refractivity contribution in [1.82, 2.24) is 9.88 Å². The van der Waals surface area contributed by atoms with Crippen molar-refractivity contribution >= 4 is 10.9 Å². The van der Waals surface area contributed by atoms with Gasteiger partial charge in [-0.1, -0.05) is 11.6 Å². The molecule has 2 nitrogen and oxygen atoms in total. The van der Waals surface area contributed by atoms with Crippen LogP contribution in [0.3, 0.4) is 0 Å². The summed E-state index contributed by atoms with van der Waals surface area (Å²) in [6.07, 6.45) is 3.96. The minimum Gasteiger partial charge on any atom is -0.358 e. The monoisotopic (exact) mass is 226 g/mol. The molecule has 0 bridgehead atoms. The number of rotatable bonds is 0. The molecule has 0 atom stereocenters. The van der Waals surface area contributed by atoms with Crippen molar-refractivity contribution in [1.29, 1.82) is 0 Å². The Morgan fingerprint density at radius 3 is 2.88 bits per heavy atom. The van der Waals surface area contributed by atoms with E-state index in [0.29, 0.717) is 5.54 Å². The summed E-state index contributed by atoms with van der Waals surface area (Å²) in [5.41, 5.74) is 6.19. The summed E-state index contributed by atoms with van der Waals surface area (Å²) >= 11 is 0. The number of hydrogen-bond acceptors (Lipinski definition) is 1. The van der Waals surface area contributed by atoms with Crippen molar-refractivity contribution in [2.45, 2.75) is 38.3 Å². The molecule has 17 heavy (non-hydrogen) atoms. The molecule has 0 saturated heterocycles. The second kappa shape index (κ2) is 2.94. The average Bonchev–Trinajstić information content (AvgIpc) is 2.99. The molecule has 4 rings (SSSR count).